The SMILES string of the molecule is O=C(COc1ccc([S+](c2ccccc2)c2ccccc2)cc1)OC1(c2ccc(F)c(F)c2F)C=CCC1. The highest BCUT2D eigenvalue weighted by Crippen LogP contribution is 2.39. The lowest BCUT2D eigenvalue weighted by atomic mass is 9.92. The van der Waals surface area contributed by atoms with Gasteiger partial charge in [-0.25, -0.2) is 18.0 Å². The van der Waals surface area contributed by atoms with Gasteiger partial charge in [0.1, 0.15) is 5.75 Å². The van der Waals surface area contributed by atoms with Crippen LogP contribution in [0.4, 0.5) is 13.2 Å². The van der Waals surface area contributed by atoms with Gasteiger partial charge in [0.15, 0.2) is 44.3 Å². The predicted octanol–water partition coefficient (Wildman–Crippen LogP) is 7.37. The van der Waals surface area contributed by atoms with Crippen molar-refractivity contribution < 1.29 is 27.4 Å². The Morgan fingerprint density at radius 1 is 0.763 bits per heavy atom. The molecule has 4 aromatic carbocycles. The molecule has 4 aromatic rings. The molecule has 3 nitrogen and oxygen atoms in total. The maximum absolute atomic E-state index is 14.5. The molecule has 0 radical (unpaired) electrons. The highest BCUT2D eigenvalue weighted by molar-refractivity contribution is 7.97. The molecular weight excluding hydrogens is 509 g/mol. The molecule has 0 saturated heterocycles. The van der Waals surface area contributed by atoms with E-state index >= 15 is 0 Å². The quantitative estimate of drug-likeness (QED) is 0.103. The first kappa shape index (κ1) is 25.7. The van der Waals surface area contributed by atoms with E-state index in [1.54, 1.807) is 18.2 Å². The molecule has 7 heteroatoms. The Morgan fingerprint density at radius 3 is 1.95 bits per heavy atom. The van der Waals surface area contributed by atoms with E-state index in [0.717, 1.165) is 17.0 Å². The second kappa shape index (κ2) is 11.2. The van der Waals surface area contributed by atoms with Crippen molar-refractivity contribution in [2.24, 2.45) is 0 Å². The third-order valence-electron chi connectivity index (χ3n) is 6.23. The summed E-state index contributed by atoms with van der Waals surface area (Å²) in [4.78, 5) is 16.1. The van der Waals surface area contributed by atoms with Crippen LogP contribution in [0, 0.1) is 17.5 Å². The molecule has 1 aliphatic carbocycles. The zero-order valence-electron chi connectivity index (χ0n) is 20.3. The summed E-state index contributed by atoms with van der Waals surface area (Å²) in [5, 5.41) is 0. The first-order valence-corrected chi connectivity index (χ1v) is 13.3. The lowest BCUT2D eigenvalue weighted by molar-refractivity contribution is -0.158. The Hall–Kier alpha value is -3.97. The van der Waals surface area contributed by atoms with Crippen LogP contribution in [0.1, 0.15) is 18.4 Å². The molecule has 0 fully saturated rings. The Balaban J connectivity index is 1.29. The molecule has 0 amide bonds. The predicted molar refractivity (Wildman–Crippen MR) is 139 cm³/mol. The normalized spacial score (nSPS) is 16.5. The number of hydrogen-bond donors (Lipinski definition) is 0. The molecule has 38 heavy (non-hydrogen) atoms. The second-order valence-corrected chi connectivity index (χ2v) is 10.7. The van der Waals surface area contributed by atoms with Crippen molar-refractivity contribution in [3.05, 3.63) is 132 Å². The third kappa shape index (κ3) is 5.34. The lowest BCUT2D eigenvalue weighted by Gasteiger charge is -2.28. The maximum Gasteiger partial charge on any atom is 0.345 e. The fraction of sp³-hybridized carbons (Fsp3) is 0.129. The minimum atomic E-state index is -1.60. The van der Waals surface area contributed by atoms with Crippen LogP contribution in [0.3, 0.4) is 0 Å². The summed E-state index contributed by atoms with van der Waals surface area (Å²) in [6.45, 7) is -0.427. The van der Waals surface area contributed by atoms with E-state index in [-0.39, 0.29) is 22.9 Å². The summed E-state index contributed by atoms with van der Waals surface area (Å²) < 4.78 is 53.1. The fourth-order valence-corrected chi connectivity index (χ4v) is 6.52. The van der Waals surface area contributed by atoms with Crippen LogP contribution < -0.4 is 4.74 Å². The minimum absolute atomic E-state index is 0.219. The van der Waals surface area contributed by atoms with Gasteiger partial charge < -0.3 is 9.47 Å². The monoisotopic (exact) mass is 533 g/mol. The van der Waals surface area contributed by atoms with Crippen molar-refractivity contribution >= 4 is 16.9 Å². The molecule has 0 spiro atoms. The summed E-state index contributed by atoms with van der Waals surface area (Å²) in [6, 6.07) is 29.8. The molecule has 192 valence electrons. The van der Waals surface area contributed by atoms with E-state index in [0.29, 0.717) is 12.2 Å². The number of rotatable bonds is 8. The molecule has 1 unspecified atom stereocenters. The van der Waals surface area contributed by atoms with Gasteiger partial charge in [0.25, 0.3) is 0 Å². The molecular formula is C31H24F3O3S+. The summed E-state index contributed by atoms with van der Waals surface area (Å²) in [5.41, 5.74) is -1.74. The van der Waals surface area contributed by atoms with Crippen molar-refractivity contribution in [1.29, 1.82) is 0 Å². The van der Waals surface area contributed by atoms with Crippen molar-refractivity contribution in [1.82, 2.24) is 0 Å². The van der Waals surface area contributed by atoms with Gasteiger partial charge >= 0.3 is 5.97 Å². The van der Waals surface area contributed by atoms with E-state index in [9.17, 15) is 18.0 Å². The number of carbonyl (C=O) groups excluding carboxylic acids is 1. The third-order valence-corrected chi connectivity index (χ3v) is 8.46. The van der Waals surface area contributed by atoms with E-state index in [4.69, 9.17) is 9.47 Å². The Labute approximate surface area is 221 Å². The number of hydrogen-bond acceptors (Lipinski definition) is 3. The average molecular weight is 534 g/mol. The number of esters is 1. The van der Waals surface area contributed by atoms with Gasteiger partial charge in [-0.05, 0) is 79.6 Å². The summed E-state index contributed by atoms with van der Waals surface area (Å²) in [5.74, 6) is -4.56. The Bertz CT molecular complexity index is 1400. The van der Waals surface area contributed by atoms with Crippen LogP contribution >= 0.6 is 0 Å². The van der Waals surface area contributed by atoms with Crippen LogP contribution in [0.25, 0.3) is 0 Å². The number of benzene rings is 4. The second-order valence-electron chi connectivity index (χ2n) is 8.72. The number of allylic oxidation sites excluding steroid dienone is 1. The number of ether oxygens (including phenoxy) is 2. The van der Waals surface area contributed by atoms with Crippen LogP contribution in [-0.2, 0) is 26.0 Å². The summed E-state index contributed by atoms with van der Waals surface area (Å²) in [6.07, 6.45) is 3.93. The van der Waals surface area contributed by atoms with Crippen molar-refractivity contribution in [3.63, 3.8) is 0 Å². The molecule has 0 bridgehead atoms. The topological polar surface area (TPSA) is 35.5 Å². The van der Waals surface area contributed by atoms with E-state index in [2.05, 4.69) is 24.3 Å². The summed E-state index contributed by atoms with van der Waals surface area (Å²) >= 11 is 0. The van der Waals surface area contributed by atoms with Gasteiger partial charge in [0.05, 0.1) is 10.9 Å². The van der Waals surface area contributed by atoms with Crippen LogP contribution in [0.2, 0.25) is 0 Å². The number of carbonyl (C=O) groups is 1. The van der Waals surface area contributed by atoms with Gasteiger partial charge in [-0.3, -0.25) is 0 Å². The standard InChI is InChI=1S/C31H24F3O3S/c32-27-18-17-26(29(33)30(27)34)31(19-7-8-20-31)37-28(35)21-36-22-13-15-25(16-14-22)38(23-9-3-1-4-10-23)24-11-5-2-6-12-24/h1-7,9-19H,8,20-21H2/q+1. The molecule has 1 atom stereocenters. The van der Waals surface area contributed by atoms with Gasteiger partial charge in [-0.2, -0.15) is 0 Å². The van der Waals surface area contributed by atoms with Crippen molar-refractivity contribution in [3.8, 4) is 5.75 Å². The highest BCUT2D eigenvalue weighted by Gasteiger charge is 2.40. The van der Waals surface area contributed by atoms with E-state index in [1.165, 1.54) is 15.9 Å². The van der Waals surface area contributed by atoms with Crippen LogP contribution in [-0.4, -0.2) is 12.6 Å². The van der Waals surface area contributed by atoms with Crippen molar-refractivity contribution in [2.75, 3.05) is 6.61 Å². The lowest BCUT2D eigenvalue weighted by Crippen LogP contribution is -2.32. The smallest absolute Gasteiger partial charge is 0.345 e. The zero-order valence-corrected chi connectivity index (χ0v) is 21.1. The average Bonchev–Trinajstić information content (AvgIpc) is 3.42. The molecule has 0 aliphatic heterocycles. The minimum Gasteiger partial charge on any atom is -0.482 e. The first-order valence-electron chi connectivity index (χ1n) is 12.1. The van der Waals surface area contributed by atoms with Gasteiger partial charge in [0.2, 0.25) is 0 Å². The Kier molecular flexibility index (Phi) is 7.56. The highest BCUT2D eigenvalue weighted by atomic mass is 32.2. The van der Waals surface area contributed by atoms with Gasteiger partial charge in [0, 0.05) is 5.56 Å². The van der Waals surface area contributed by atoms with Gasteiger partial charge in [-0.15, -0.1) is 0 Å². The summed E-state index contributed by atoms with van der Waals surface area (Å²) in [7, 11) is -0.319. The molecule has 1 aliphatic rings. The molecule has 5 rings (SSSR count). The molecule has 0 N–H and O–H groups in total. The Morgan fingerprint density at radius 2 is 1.37 bits per heavy atom. The first-order chi connectivity index (χ1) is 18.5. The fourth-order valence-electron chi connectivity index (χ4n) is 4.44. The molecule has 0 saturated carbocycles. The van der Waals surface area contributed by atoms with E-state index in [1.807, 2.05) is 48.5 Å². The van der Waals surface area contributed by atoms with Crippen LogP contribution in [0.5, 0.6) is 5.75 Å². The maximum atomic E-state index is 14.5. The zero-order chi connectivity index (χ0) is 26.5. The number of halogens is 3. The van der Waals surface area contributed by atoms with Crippen molar-refractivity contribution in [2.45, 2.75) is 33.1 Å². The van der Waals surface area contributed by atoms with Crippen LogP contribution in [0.15, 0.2) is 124 Å². The van der Waals surface area contributed by atoms with Gasteiger partial charge in [-0.1, -0.05) is 42.5 Å². The molecule has 0 heterocycles. The largest absolute Gasteiger partial charge is 0.482 e. The van der Waals surface area contributed by atoms with E-state index < -0.39 is 35.6 Å². The molecule has 0 aromatic heterocycles.